The average Bonchev–Trinajstić information content (AvgIpc) is 2.88. The summed E-state index contributed by atoms with van der Waals surface area (Å²) in [6.45, 7) is 3.64. The van der Waals surface area contributed by atoms with Crippen molar-refractivity contribution >= 4 is 32.9 Å². The van der Waals surface area contributed by atoms with Crippen LogP contribution in [-0.2, 0) is 11.9 Å². The summed E-state index contributed by atoms with van der Waals surface area (Å²) in [5.74, 6) is 0.464. The van der Waals surface area contributed by atoms with E-state index in [9.17, 15) is 4.79 Å². The van der Waals surface area contributed by atoms with E-state index in [-0.39, 0.29) is 22.4 Å². The molecule has 1 aromatic heterocycles. The lowest BCUT2D eigenvalue weighted by molar-refractivity contribution is 0.298. The topological polar surface area (TPSA) is 31.2 Å². The zero-order valence-electron chi connectivity index (χ0n) is 22.5. The molecule has 0 aliphatic carbocycles. The molecule has 0 radical (unpaired) electrons. The van der Waals surface area contributed by atoms with Gasteiger partial charge in [-0.05, 0) is 12.0 Å². The van der Waals surface area contributed by atoms with Crippen molar-refractivity contribution in [3.63, 3.8) is 0 Å². The largest absolute Gasteiger partial charge is 0.488 e. The fourth-order valence-corrected chi connectivity index (χ4v) is 5.06. The number of pyridine rings is 1. The van der Waals surface area contributed by atoms with Crippen LogP contribution in [0, 0.1) is 0 Å². The van der Waals surface area contributed by atoms with Gasteiger partial charge in [-0.25, -0.2) is 0 Å². The van der Waals surface area contributed by atoms with Crippen LogP contribution in [0.3, 0.4) is 0 Å². The molecule has 0 spiro atoms. The molecule has 0 aliphatic heterocycles. The second kappa shape index (κ2) is 22.0. The fourth-order valence-electron chi connectivity index (χ4n) is 4.58. The van der Waals surface area contributed by atoms with Crippen LogP contribution in [-0.4, -0.2) is 11.2 Å². The summed E-state index contributed by atoms with van der Waals surface area (Å²) in [7, 11) is 0. The lowest BCUT2D eigenvalue weighted by Gasteiger charge is -2.14. The van der Waals surface area contributed by atoms with Crippen LogP contribution in [0.15, 0.2) is 47.4 Å². The molecule has 0 unspecified atom stereocenters. The van der Waals surface area contributed by atoms with Gasteiger partial charge in [0, 0.05) is 23.6 Å². The van der Waals surface area contributed by atoms with Gasteiger partial charge in [0.2, 0.25) is 5.43 Å². The molecular weight excluding hydrogens is 578 g/mol. The number of unbranched alkanes of at least 4 members (excludes halogenated alkanes) is 15. The summed E-state index contributed by atoms with van der Waals surface area (Å²) >= 11 is 3.51. The number of benzene rings is 1. The standard InChI is InChI=1S/C31H48BrNO2.BrH/c1-2-3-4-5-6-7-8-9-10-11-12-13-14-15-16-20-23-35-31-27-33(29(25-32)24-30(31)34)26-28-21-18-17-19-22-28;/h17-19,21-22,24,27H,2-16,20,23,25-26H2,1H3;1H. The molecule has 5 heteroatoms. The SMILES string of the molecule is Br.CCCCCCCCCCCCCCCCCCOc1cn(Cc2ccccc2)c(CBr)cc1=O. The van der Waals surface area contributed by atoms with Crippen molar-refractivity contribution in [3.8, 4) is 5.75 Å². The number of rotatable bonds is 21. The Morgan fingerprint density at radius 2 is 1.25 bits per heavy atom. The van der Waals surface area contributed by atoms with Gasteiger partial charge in [0.15, 0.2) is 5.75 Å². The highest BCUT2D eigenvalue weighted by molar-refractivity contribution is 9.08. The molecular formula is C31H49Br2NO2. The molecule has 0 saturated carbocycles. The van der Waals surface area contributed by atoms with E-state index in [4.69, 9.17) is 4.74 Å². The summed E-state index contributed by atoms with van der Waals surface area (Å²) < 4.78 is 7.99. The first-order chi connectivity index (χ1) is 17.2. The molecule has 36 heavy (non-hydrogen) atoms. The molecule has 0 saturated heterocycles. The molecule has 1 heterocycles. The second-order valence-electron chi connectivity index (χ2n) is 9.89. The van der Waals surface area contributed by atoms with Crippen molar-refractivity contribution in [1.82, 2.24) is 4.57 Å². The number of hydrogen-bond donors (Lipinski definition) is 0. The van der Waals surface area contributed by atoms with E-state index in [1.807, 2.05) is 24.4 Å². The smallest absolute Gasteiger partial charge is 0.223 e. The third kappa shape index (κ3) is 14.6. The van der Waals surface area contributed by atoms with Crippen LogP contribution in [0.2, 0.25) is 0 Å². The van der Waals surface area contributed by atoms with Gasteiger partial charge in [0.1, 0.15) is 0 Å². The van der Waals surface area contributed by atoms with Gasteiger partial charge in [0.25, 0.3) is 0 Å². The maximum absolute atomic E-state index is 12.4. The van der Waals surface area contributed by atoms with E-state index >= 15 is 0 Å². The fraction of sp³-hybridized carbons (Fsp3) is 0.645. The maximum atomic E-state index is 12.4. The molecule has 0 N–H and O–H groups in total. The Hall–Kier alpha value is -1.07. The Kier molecular flexibility index (Phi) is 20.1. The van der Waals surface area contributed by atoms with E-state index in [1.54, 1.807) is 6.07 Å². The van der Waals surface area contributed by atoms with Crippen molar-refractivity contribution in [2.45, 2.75) is 122 Å². The molecule has 2 aromatic rings. The van der Waals surface area contributed by atoms with Crippen molar-refractivity contribution in [3.05, 3.63) is 64.1 Å². The number of halogens is 2. The lowest BCUT2D eigenvalue weighted by Crippen LogP contribution is -2.16. The highest BCUT2D eigenvalue weighted by atomic mass is 79.9. The molecule has 0 atom stereocenters. The van der Waals surface area contributed by atoms with Gasteiger partial charge in [-0.2, -0.15) is 0 Å². The second-order valence-corrected chi connectivity index (χ2v) is 10.5. The van der Waals surface area contributed by atoms with Gasteiger partial charge in [-0.3, -0.25) is 4.79 Å². The van der Waals surface area contributed by atoms with Crippen LogP contribution in [0.4, 0.5) is 0 Å². The van der Waals surface area contributed by atoms with E-state index in [2.05, 4.69) is 39.6 Å². The number of nitrogens with zero attached hydrogens (tertiary/aromatic N) is 1. The zero-order valence-corrected chi connectivity index (χ0v) is 25.8. The highest BCUT2D eigenvalue weighted by Crippen LogP contribution is 2.15. The average molecular weight is 628 g/mol. The van der Waals surface area contributed by atoms with Crippen LogP contribution in [0.5, 0.6) is 5.75 Å². The van der Waals surface area contributed by atoms with Gasteiger partial charge in [-0.1, -0.05) is 149 Å². The predicted molar refractivity (Wildman–Crippen MR) is 164 cm³/mol. The molecule has 3 nitrogen and oxygen atoms in total. The first-order valence-corrected chi connectivity index (χ1v) is 15.3. The Bertz CT molecular complexity index is 838. The van der Waals surface area contributed by atoms with Crippen LogP contribution in [0.25, 0.3) is 0 Å². The number of aromatic nitrogens is 1. The summed E-state index contributed by atoms with van der Waals surface area (Å²) in [5, 5.41) is 0.647. The van der Waals surface area contributed by atoms with Gasteiger partial charge < -0.3 is 9.30 Å². The number of ether oxygens (including phenoxy) is 1. The first kappa shape index (κ1) is 33.0. The van der Waals surface area contributed by atoms with Gasteiger partial charge in [-0.15, -0.1) is 17.0 Å². The number of hydrogen-bond acceptors (Lipinski definition) is 2. The quantitative estimate of drug-likeness (QED) is 0.102. The molecule has 0 fully saturated rings. The Labute approximate surface area is 239 Å². The van der Waals surface area contributed by atoms with E-state index < -0.39 is 0 Å². The van der Waals surface area contributed by atoms with E-state index in [0.717, 1.165) is 18.7 Å². The third-order valence-electron chi connectivity index (χ3n) is 6.77. The van der Waals surface area contributed by atoms with Gasteiger partial charge in [0.05, 0.1) is 12.8 Å². The molecule has 0 amide bonds. The predicted octanol–water partition coefficient (Wildman–Crippen LogP) is 10.0. The highest BCUT2D eigenvalue weighted by Gasteiger charge is 2.08. The minimum Gasteiger partial charge on any atom is -0.488 e. The van der Waals surface area contributed by atoms with Crippen molar-refractivity contribution in [1.29, 1.82) is 0 Å². The molecule has 204 valence electrons. The molecule has 2 rings (SSSR count). The summed E-state index contributed by atoms with van der Waals surface area (Å²) in [5.41, 5.74) is 2.15. The summed E-state index contributed by atoms with van der Waals surface area (Å²) in [4.78, 5) is 12.4. The monoisotopic (exact) mass is 625 g/mol. The van der Waals surface area contributed by atoms with Crippen molar-refractivity contribution in [2.24, 2.45) is 0 Å². The van der Waals surface area contributed by atoms with Crippen molar-refractivity contribution < 1.29 is 4.74 Å². The normalized spacial score (nSPS) is 10.8. The van der Waals surface area contributed by atoms with Crippen molar-refractivity contribution in [2.75, 3.05) is 6.61 Å². The maximum Gasteiger partial charge on any atom is 0.223 e. The van der Waals surface area contributed by atoms with E-state index in [1.165, 1.54) is 102 Å². The number of alkyl halides is 1. The lowest BCUT2D eigenvalue weighted by atomic mass is 10.0. The Morgan fingerprint density at radius 1 is 0.750 bits per heavy atom. The van der Waals surface area contributed by atoms with Gasteiger partial charge >= 0.3 is 0 Å². The summed E-state index contributed by atoms with van der Waals surface area (Å²) in [6.07, 6.45) is 23.6. The minimum atomic E-state index is -0.0275. The van der Waals surface area contributed by atoms with Crippen LogP contribution in [0.1, 0.15) is 121 Å². The third-order valence-corrected chi connectivity index (χ3v) is 7.35. The van der Waals surface area contributed by atoms with Crippen LogP contribution < -0.4 is 10.2 Å². The Balaban J connectivity index is 0.00000648. The first-order valence-electron chi connectivity index (χ1n) is 14.2. The molecule has 0 aliphatic rings. The Morgan fingerprint density at radius 3 is 1.75 bits per heavy atom. The van der Waals surface area contributed by atoms with Crippen LogP contribution >= 0.6 is 32.9 Å². The summed E-state index contributed by atoms with van der Waals surface area (Å²) in [6, 6.07) is 12.0. The molecule has 1 aromatic carbocycles. The zero-order chi connectivity index (χ0) is 25.0. The van der Waals surface area contributed by atoms with E-state index in [0.29, 0.717) is 17.7 Å². The molecule has 0 bridgehead atoms. The minimum absolute atomic E-state index is 0.